The summed E-state index contributed by atoms with van der Waals surface area (Å²) in [5, 5.41) is 12.7. The number of aliphatic hydroxyl groups is 1. The van der Waals surface area contributed by atoms with Crippen LogP contribution >= 0.6 is 0 Å². The van der Waals surface area contributed by atoms with Crippen molar-refractivity contribution in [3.8, 4) is 0 Å². The topological polar surface area (TPSA) is 37.6 Å². The Morgan fingerprint density at radius 2 is 2.00 bits per heavy atom. The summed E-state index contributed by atoms with van der Waals surface area (Å²) in [6, 6.07) is 2.16. The lowest BCUT2D eigenvalue weighted by atomic mass is 9.75. The maximum Gasteiger partial charge on any atom is 0.0813 e. The molecular formula is C15H24N2O2. The van der Waals surface area contributed by atoms with Crippen molar-refractivity contribution in [2.24, 2.45) is 5.41 Å². The first kappa shape index (κ1) is 13.0. The number of aryl methyl sites for hydroxylation is 1. The maximum atomic E-state index is 10.4. The van der Waals surface area contributed by atoms with E-state index < -0.39 is 0 Å². The molecule has 1 saturated heterocycles. The van der Waals surface area contributed by atoms with Gasteiger partial charge in [-0.2, -0.15) is 0 Å². The quantitative estimate of drug-likeness (QED) is 0.840. The van der Waals surface area contributed by atoms with Gasteiger partial charge in [-0.25, -0.2) is 0 Å². The van der Waals surface area contributed by atoms with Crippen LogP contribution in [-0.4, -0.2) is 36.1 Å². The minimum absolute atomic E-state index is 0.168. The minimum Gasteiger partial charge on any atom is -0.388 e. The highest BCUT2D eigenvalue weighted by Gasteiger charge is 2.35. The largest absolute Gasteiger partial charge is 0.388 e. The third kappa shape index (κ3) is 2.28. The summed E-state index contributed by atoms with van der Waals surface area (Å²) in [7, 11) is 0. The monoisotopic (exact) mass is 264 g/mol. The molecule has 0 aromatic carbocycles. The van der Waals surface area contributed by atoms with Crippen LogP contribution in [0.25, 0.3) is 0 Å². The van der Waals surface area contributed by atoms with Crippen LogP contribution in [0, 0.1) is 12.3 Å². The van der Waals surface area contributed by atoms with Crippen molar-refractivity contribution < 1.29 is 9.84 Å². The van der Waals surface area contributed by atoms with E-state index in [0.717, 1.165) is 44.7 Å². The SMILES string of the molecule is Cc1cc2c(n1N1CCOCC1)CC(C)(C)CC2O. The van der Waals surface area contributed by atoms with Crippen LogP contribution in [0.5, 0.6) is 0 Å². The molecule has 0 saturated carbocycles. The van der Waals surface area contributed by atoms with Gasteiger partial charge < -0.3 is 14.9 Å². The number of fused-ring (bicyclic) bond motifs is 1. The average Bonchev–Trinajstić information content (AvgIpc) is 2.65. The molecule has 0 amide bonds. The molecule has 1 aliphatic carbocycles. The Bertz CT molecular complexity index is 473. The van der Waals surface area contributed by atoms with Crippen LogP contribution in [-0.2, 0) is 11.2 Å². The van der Waals surface area contributed by atoms with Crippen molar-refractivity contribution in [2.75, 3.05) is 31.3 Å². The van der Waals surface area contributed by atoms with Gasteiger partial charge in [0, 0.05) is 17.0 Å². The van der Waals surface area contributed by atoms with Gasteiger partial charge in [0.1, 0.15) is 0 Å². The molecule has 19 heavy (non-hydrogen) atoms. The van der Waals surface area contributed by atoms with Crippen LogP contribution in [0.1, 0.15) is 43.3 Å². The van der Waals surface area contributed by atoms with E-state index in [1.165, 1.54) is 11.4 Å². The smallest absolute Gasteiger partial charge is 0.0813 e. The third-order valence-corrected chi connectivity index (χ3v) is 4.31. The molecule has 1 fully saturated rings. The summed E-state index contributed by atoms with van der Waals surface area (Å²) in [5.41, 5.74) is 3.82. The van der Waals surface area contributed by atoms with E-state index in [1.54, 1.807) is 0 Å². The van der Waals surface area contributed by atoms with E-state index in [1.807, 2.05) is 0 Å². The average molecular weight is 264 g/mol. The predicted octanol–water partition coefficient (Wildman–Crippen LogP) is 1.77. The number of hydrogen-bond acceptors (Lipinski definition) is 3. The second-order valence-corrected chi connectivity index (χ2v) is 6.63. The maximum absolute atomic E-state index is 10.4. The number of nitrogens with zero attached hydrogens (tertiary/aromatic N) is 2. The third-order valence-electron chi connectivity index (χ3n) is 4.31. The van der Waals surface area contributed by atoms with Gasteiger partial charge >= 0.3 is 0 Å². The molecular weight excluding hydrogens is 240 g/mol. The van der Waals surface area contributed by atoms with Gasteiger partial charge in [0.2, 0.25) is 0 Å². The Hall–Kier alpha value is -1.00. The van der Waals surface area contributed by atoms with Crippen LogP contribution < -0.4 is 5.01 Å². The van der Waals surface area contributed by atoms with E-state index in [4.69, 9.17) is 4.74 Å². The summed E-state index contributed by atoms with van der Waals surface area (Å²) in [6.07, 6.45) is 1.57. The highest BCUT2D eigenvalue weighted by molar-refractivity contribution is 5.34. The number of aliphatic hydroxyl groups excluding tert-OH is 1. The Morgan fingerprint density at radius 3 is 2.68 bits per heavy atom. The summed E-state index contributed by atoms with van der Waals surface area (Å²) in [6.45, 7) is 10.1. The summed E-state index contributed by atoms with van der Waals surface area (Å²) >= 11 is 0. The molecule has 1 aliphatic heterocycles. The van der Waals surface area contributed by atoms with Crippen LogP contribution in [0.2, 0.25) is 0 Å². The number of morpholine rings is 1. The number of aromatic nitrogens is 1. The molecule has 3 rings (SSSR count). The fourth-order valence-corrected chi connectivity index (χ4v) is 3.48. The van der Waals surface area contributed by atoms with E-state index in [9.17, 15) is 5.11 Å². The molecule has 0 bridgehead atoms. The lowest BCUT2D eigenvalue weighted by Crippen LogP contribution is -2.46. The molecule has 4 heteroatoms. The Morgan fingerprint density at radius 1 is 1.32 bits per heavy atom. The number of rotatable bonds is 1. The van der Waals surface area contributed by atoms with Gasteiger partial charge in [0.25, 0.3) is 0 Å². The molecule has 1 atom stereocenters. The second kappa shape index (κ2) is 4.53. The van der Waals surface area contributed by atoms with E-state index >= 15 is 0 Å². The molecule has 0 spiro atoms. The zero-order valence-corrected chi connectivity index (χ0v) is 12.1. The van der Waals surface area contributed by atoms with Crippen molar-refractivity contribution in [1.29, 1.82) is 0 Å². The van der Waals surface area contributed by atoms with Crippen molar-refractivity contribution in [3.63, 3.8) is 0 Å². The van der Waals surface area contributed by atoms with E-state index in [0.29, 0.717) is 0 Å². The van der Waals surface area contributed by atoms with Crippen LogP contribution in [0.4, 0.5) is 0 Å². The van der Waals surface area contributed by atoms with E-state index in [2.05, 4.69) is 36.5 Å². The van der Waals surface area contributed by atoms with Crippen LogP contribution in [0.3, 0.4) is 0 Å². The molecule has 2 aliphatic rings. The fourth-order valence-electron chi connectivity index (χ4n) is 3.48. The fraction of sp³-hybridized carbons (Fsp3) is 0.733. The van der Waals surface area contributed by atoms with Crippen molar-refractivity contribution in [2.45, 2.75) is 39.7 Å². The van der Waals surface area contributed by atoms with Crippen molar-refractivity contribution in [1.82, 2.24) is 4.68 Å². The van der Waals surface area contributed by atoms with Crippen LogP contribution in [0.15, 0.2) is 6.07 Å². The predicted molar refractivity (Wildman–Crippen MR) is 75.0 cm³/mol. The van der Waals surface area contributed by atoms with Gasteiger partial charge in [-0.3, -0.25) is 4.68 Å². The summed E-state index contributed by atoms with van der Waals surface area (Å²) < 4.78 is 7.76. The highest BCUT2D eigenvalue weighted by Crippen LogP contribution is 2.42. The molecule has 106 valence electrons. The van der Waals surface area contributed by atoms with Gasteiger partial charge in [-0.05, 0) is 31.2 Å². The Labute approximate surface area is 114 Å². The second-order valence-electron chi connectivity index (χ2n) is 6.63. The molecule has 1 N–H and O–H groups in total. The van der Waals surface area contributed by atoms with Crippen molar-refractivity contribution in [3.05, 3.63) is 23.0 Å². The minimum atomic E-state index is -0.320. The molecule has 1 unspecified atom stereocenters. The van der Waals surface area contributed by atoms with Gasteiger partial charge in [0.15, 0.2) is 0 Å². The summed E-state index contributed by atoms with van der Waals surface area (Å²) in [5.74, 6) is 0. The zero-order chi connectivity index (χ0) is 13.6. The number of ether oxygens (including phenoxy) is 1. The molecule has 0 radical (unpaired) electrons. The highest BCUT2D eigenvalue weighted by atomic mass is 16.5. The van der Waals surface area contributed by atoms with Gasteiger partial charge in [0.05, 0.1) is 32.4 Å². The Balaban J connectivity index is 2.01. The van der Waals surface area contributed by atoms with E-state index in [-0.39, 0.29) is 11.5 Å². The lowest BCUT2D eigenvalue weighted by molar-refractivity contribution is 0.0939. The molecule has 1 aromatic heterocycles. The van der Waals surface area contributed by atoms with Gasteiger partial charge in [-0.1, -0.05) is 13.8 Å². The first-order valence-electron chi connectivity index (χ1n) is 7.20. The molecule has 4 nitrogen and oxygen atoms in total. The standard InChI is InChI=1S/C15H24N2O2/c1-11-8-12-13(9-15(2,3)10-14(12)18)17(11)16-4-6-19-7-5-16/h8,14,18H,4-7,9-10H2,1-3H3. The summed E-state index contributed by atoms with van der Waals surface area (Å²) in [4.78, 5) is 0. The Kier molecular flexibility index (Phi) is 3.10. The lowest BCUT2D eigenvalue weighted by Gasteiger charge is -2.38. The normalized spacial score (nSPS) is 26.3. The zero-order valence-electron chi connectivity index (χ0n) is 12.1. The van der Waals surface area contributed by atoms with Gasteiger partial charge in [-0.15, -0.1) is 0 Å². The first-order chi connectivity index (χ1) is 8.98. The molecule has 2 heterocycles. The molecule has 1 aromatic rings. The first-order valence-corrected chi connectivity index (χ1v) is 7.20. The van der Waals surface area contributed by atoms with Crippen molar-refractivity contribution >= 4 is 0 Å². The number of hydrogen-bond donors (Lipinski definition) is 1.